The molecule has 282 valence electrons. The molecular weight excluding hydrogens is 676 g/mol. The van der Waals surface area contributed by atoms with Crippen molar-refractivity contribution in [3.8, 4) is 11.5 Å². The summed E-state index contributed by atoms with van der Waals surface area (Å²) in [6.07, 6.45) is 1.55. The van der Waals surface area contributed by atoms with Crippen molar-refractivity contribution >= 4 is 62.3 Å². The molecule has 1 aliphatic carbocycles. The Kier molecular flexibility index (Phi) is 13.8. The molecule has 1 aromatic heterocycles. The summed E-state index contributed by atoms with van der Waals surface area (Å²) >= 11 is 0. The van der Waals surface area contributed by atoms with Crippen molar-refractivity contribution in [3.05, 3.63) is 65.2 Å². The molecule has 1 fully saturated rings. The van der Waals surface area contributed by atoms with Crippen molar-refractivity contribution in [3.63, 3.8) is 0 Å². The number of nitrogens with one attached hydrogen (secondary N) is 1. The number of rotatable bonds is 7. The zero-order chi connectivity index (χ0) is 39.0. The van der Waals surface area contributed by atoms with Gasteiger partial charge in [0.15, 0.2) is 0 Å². The fourth-order valence-corrected chi connectivity index (χ4v) is 5.99. The van der Waals surface area contributed by atoms with Crippen molar-refractivity contribution in [2.24, 2.45) is 11.7 Å². The monoisotopic (exact) mass is 726 g/mol. The third kappa shape index (κ3) is 9.60. The summed E-state index contributed by atoms with van der Waals surface area (Å²) in [5.74, 6) is 0.625. The second-order valence-electron chi connectivity index (χ2n) is 13.7. The summed E-state index contributed by atoms with van der Waals surface area (Å²) in [6.45, 7) is 7.13. The van der Waals surface area contributed by atoms with Crippen LogP contribution in [0.25, 0.3) is 21.8 Å². The molecule has 3 aromatic carbocycles. The van der Waals surface area contributed by atoms with E-state index < -0.39 is 11.7 Å². The predicted molar refractivity (Wildman–Crippen MR) is 207 cm³/mol. The van der Waals surface area contributed by atoms with Crippen LogP contribution in [0.2, 0.25) is 0 Å². The van der Waals surface area contributed by atoms with Crippen LogP contribution in [0.1, 0.15) is 52.5 Å². The number of ketones is 3. The van der Waals surface area contributed by atoms with Gasteiger partial charge in [-0.25, -0.2) is 4.98 Å². The van der Waals surface area contributed by atoms with Gasteiger partial charge in [-0.2, -0.15) is 0 Å². The Morgan fingerprint density at radius 2 is 1.57 bits per heavy atom. The molecule has 7 rings (SSSR count). The number of anilines is 2. The molecule has 0 saturated heterocycles. The Morgan fingerprint density at radius 1 is 0.906 bits per heavy atom. The van der Waals surface area contributed by atoms with E-state index in [2.05, 4.69) is 15.1 Å². The van der Waals surface area contributed by atoms with Gasteiger partial charge in [-0.15, -0.1) is 0 Å². The van der Waals surface area contributed by atoms with Crippen LogP contribution in [0.5, 0.6) is 11.5 Å². The number of amides is 2. The highest BCUT2D eigenvalue weighted by Gasteiger charge is 2.33. The number of methoxy groups -OCH3 is 2. The summed E-state index contributed by atoms with van der Waals surface area (Å²) in [5, 5.41) is 4.27. The van der Waals surface area contributed by atoms with Gasteiger partial charge in [0.2, 0.25) is 0 Å². The van der Waals surface area contributed by atoms with Crippen molar-refractivity contribution in [2.45, 2.75) is 33.1 Å². The molecule has 1 saturated carbocycles. The maximum Gasteiger partial charge on any atom is 0.296 e. The summed E-state index contributed by atoms with van der Waals surface area (Å²) in [6, 6.07) is 14.7. The summed E-state index contributed by atoms with van der Waals surface area (Å²) < 4.78 is 10.3. The number of fused-ring (bicyclic) bond motifs is 3. The number of ether oxygens (including phenoxy) is 2. The third-order valence-corrected chi connectivity index (χ3v) is 9.11. The number of aromatic nitrogens is 1. The lowest BCUT2D eigenvalue weighted by Gasteiger charge is -2.20. The number of carbonyl (C=O) groups is 5. The smallest absolute Gasteiger partial charge is 0.296 e. The fourth-order valence-electron chi connectivity index (χ4n) is 5.99. The second-order valence-corrected chi connectivity index (χ2v) is 13.7. The van der Waals surface area contributed by atoms with Gasteiger partial charge in [0.05, 0.1) is 54.2 Å². The number of hydrogen-bond donors (Lipinski definition) is 2. The number of nitrogens with two attached hydrogens (primary N) is 1. The lowest BCUT2D eigenvalue weighted by atomic mass is 9.89. The van der Waals surface area contributed by atoms with E-state index in [1.54, 1.807) is 25.3 Å². The first-order chi connectivity index (χ1) is 25.2. The fraction of sp³-hybridized carbons (Fsp3) is 0.400. The van der Waals surface area contributed by atoms with E-state index in [0.29, 0.717) is 30.0 Å². The molecule has 2 amide bonds. The Hall–Kier alpha value is -5.24. The normalized spacial score (nSPS) is 15.8. The molecule has 0 bridgehead atoms. The maximum atomic E-state index is 13.3. The minimum atomic E-state index is -0.580. The van der Waals surface area contributed by atoms with E-state index in [0.717, 1.165) is 70.4 Å². The van der Waals surface area contributed by atoms with Gasteiger partial charge >= 0.3 is 0 Å². The quantitative estimate of drug-likeness (QED) is 0.157. The van der Waals surface area contributed by atoms with Crippen molar-refractivity contribution in [2.75, 3.05) is 78.8 Å². The zero-order valence-corrected chi connectivity index (χ0v) is 31.9. The second kappa shape index (κ2) is 18.0. The van der Waals surface area contributed by atoms with Gasteiger partial charge in [0.1, 0.15) is 23.1 Å². The Labute approximate surface area is 310 Å². The van der Waals surface area contributed by atoms with Gasteiger partial charge in [-0.05, 0) is 89.6 Å². The standard InChI is InChI=1S/C20H21N3O2.C9H7NO3.C7H10O2.C4H12N2/c1-12-5-8-16-18-17(20(24)23(16)10-9-22(2)3)14-11-13(25-4)6-7-15(14)21-19(12)18;1-13-5-2-3-7-6(4-5)8(11)9(12)10-7;1-5-2-3-6(8)4-7(5)9;1-6(2)4-3-5/h5-8,11H,9-10H2,1-4H3;2-4H,1H3,(H,10,11,12);5H,2-4H2,1H3;3-5H2,1-2H3. The zero-order valence-electron chi connectivity index (χ0n) is 31.9. The highest BCUT2D eigenvalue weighted by atomic mass is 16.5. The highest BCUT2D eigenvalue weighted by molar-refractivity contribution is 6.51. The molecule has 13 nitrogen and oxygen atoms in total. The largest absolute Gasteiger partial charge is 0.497 e. The van der Waals surface area contributed by atoms with Crippen molar-refractivity contribution in [1.82, 2.24) is 14.8 Å². The summed E-state index contributed by atoms with van der Waals surface area (Å²) in [7, 11) is 11.2. The average molecular weight is 727 g/mol. The van der Waals surface area contributed by atoms with Crippen molar-refractivity contribution in [1.29, 1.82) is 0 Å². The highest BCUT2D eigenvalue weighted by Crippen LogP contribution is 2.42. The predicted octanol–water partition coefficient (Wildman–Crippen LogP) is 4.51. The molecule has 2 aliphatic heterocycles. The van der Waals surface area contributed by atoms with E-state index in [9.17, 15) is 24.0 Å². The Bertz CT molecular complexity index is 2030. The SMILES string of the molecule is CC1CCC(=O)CC1=O.CN(C)CCN.COc1ccc2c(c1)C(=O)C(=O)N2.COc1ccc2nc3c(C)ccc4c3c(c2c1)C(=O)N4CCN(C)C. The van der Waals surface area contributed by atoms with E-state index in [1.807, 2.05) is 77.3 Å². The number of Topliss-reactive ketones (excluding diaryl/α,β-unsaturated/α-hetero) is 3. The molecule has 13 heteroatoms. The van der Waals surface area contributed by atoms with Gasteiger partial charge in [-0.1, -0.05) is 13.0 Å². The molecule has 4 aromatic rings. The summed E-state index contributed by atoms with van der Waals surface area (Å²) in [5.41, 5.74) is 10.6. The van der Waals surface area contributed by atoms with Crippen LogP contribution in [-0.4, -0.2) is 113 Å². The number of hydrogen-bond acceptors (Lipinski definition) is 11. The number of likely N-dealkylation sites (N-methyl/N-ethyl adjacent to an activating group) is 2. The molecule has 3 N–H and O–H groups in total. The number of pyridine rings is 1. The van der Waals surface area contributed by atoms with Crippen LogP contribution in [0.3, 0.4) is 0 Å². The lowest BCUT2D eigenvalue weighted by Crippen LogP contribution is -2.34. The van der Waals surface area contributed by atoms with Gasteiger partial charge in [0, 0.05) is 49.3 Å². The minimum absolute atomic E-state index is 0.0492. The van der Waals surface area contributed by atoms with Crippen LogP contribution >= 0.6 is 0 Å². The molecule has 53 heavy (non-hydrogen) atoms. The first-order valence-electron chi connectivity index (χ1n) is 17.5. The van der Waals surface area contributed by atoms with E-state index in [4.69, 9.17) is 20.2 Å². The van der Waals surface area contributed by atoms with Crippen molar-refractivity contribution < 1.29 is 33.4 Å². The number of nitrogens with zero attached hydrogens (tertiary/aromatic N) is 4. The van der Waals surface area contributed by atoms with Crippen LogP contribution in [0.15, 0.2) is 48.5 Å². The molecule has 3 heterocycles. The van der Waals surface area contributed by atoms with Crippen LogP contribution < -0.4 is 25.4 Å². The van der Waals surface area contributed by atoms with Gasteiger partial charge in [-0.3, -0.25) is 24.0 Å². The first kappa shape index (κ1) is 40.5. The van der Waals surface area contributed by atoms with Crippen LogP contribution in [-0.2, 0) is 14.4 Å². The van der Waals surface area contributed by atoms with Crippen LogP contribution in [0, 0.1) is 12.8 Å². The molecule has 3 aliphatic rings. The number of carbonyl (C=O) groups excluding carboxylic acids is 5. The topological polar surface area (TPSA) is 164 Å². The van der Waals surface area contributed by atoms with E-state index >= 15 is 0 Å². The van der Waals surface area contributed by atoms with Gasteiger partial charge in [0.25, 0.3) is 17.6 Å². The van der Waals surface area contributed by atoms with Crippen LogP contribution in [0.4, 0.5) is 11.4 Å². The maximum absolute atomic E-state index is 13.3. The van der Waals surface area contributed by atoms with E-state index in [-0.39, 0.29) is 29.8 Å². The number of aryl methyl sites for hydroxylation is 1. The third-order valence-electron chi connectivity index (χ3n) is 9.11. The minimum Gasteiger partial charge on any atom is -0.497 e. The molecule has 0 radical (unpaired) electrons. The Morgan fingerprint density at radius 3 is 2.15 bits per heavy atom. The van der Waals surface area contributed by atoms with E-state index in [1.165, 1.54) is 7.11 Å². The number of benzene rings is 3. The summed E-state index contributed by atoms with van der Waals surface area (Å²) in [4.78, 5) is 67.6. The molecule has 1 atom stereocenters. The molecule has 1 unspecified atom stereocenters. The first-order valence-corrected chi connectivity index (χ1v) is 17.5. The Balaban J connectivity index is 0.000000186. The average Bonchev–Trinajstić information content (AvgIpc) is 3.58. The lowest BCUT2D eigenvalue weighted by molar-refractivity contribution is -0.132. The molecular formula is C40H50N6O7. The molecule has 0 spiro atoms. The van der Waals surface area contributed by atoms with Gasteiger partial charge < -0.3 is 35.2 Å².